The molecule has 1 atom stereocenters. The highest BCUT2D eigenvalue weighted by atomic mass is 16.3. The van der Waals surface area contributed by atoms with Crippen LogP contribution in [-0.4, -0.2) is 10.1 Å². The Labute approximate surface area is 91.7 Å². The summed E-state index contributed by atoms with van der Waals surface area (Å²) in [6.07, 6.45) is 1.07. The SMILES string of the molecule is C=C(CC)CC(O)c1ccc(C)nc1C. The van der Waals surface area contributed by atoms with Crippen molar-refractivity contribution in [3.05, 3.63) is 41.2 Å². The average molecular weight is 205 g/mol. The van der Waals surface area contributed by atoms with Crippen LogP contribution >= 0.6 is 0 Å². The molecule has 0 aliphatic carbocycles. The van der Waals surface area contributed by atoms with Gasteiger partial charge in [-0.15, -0.1) is 0 Å². The van der Waals surface area contributed by atoms with Crippen LogP contribution in [0.5, 0.6) is 0 Å². The third kappa shape index (κ3) is 3.17. The van der Waals surface area contributed by atoms with E-state index in [9.17, 15) is 5.11 Å². The number of pyridine rings is 1. The van der Waals surface area contributed by atoms with Crippen molar-refractivity contribution in [3.8, 4) is 0 Å². The van der Waals surface area contributed by atoms with E-state index in [-0.39, 0.29) is 0 Å². The summed E-state index contributed by atoms with van der Waals surface area (Å²) in [5, 5.41) is 9.99. The van der Waals surface area contributed by atoms with Gasteiger partial charge < -0.3 is 5.11 Å². The Hall–Kier alpha value is -1.15. The van der Waals surface area contributed by atoms with Crippen molar-refractivity contribution in [2.24, 2.45) is 0 Å². The zero-order chi connectivity index (χ0) is 11.4. The van der Waals surface area contributed by atoms with Crippen molar-refractivity contribution in [3.63, 3.8) is 0 Å². The number of aliphatic hydroxyl groups excluding tert-OH is 1. The fourth-order valence-corrected chi connectivity index (χ4v) is 1.58. The van der Waals surface area contributed by atoms with Gasteiger partial charge in [0, 0.05) is 17.0 Å². The second-order valence-electron chi connectivity index (χ2n) is 3.95. The molecule has 1 aromatic rings. The van der Waals surface area contributed by atoms with Crippen LogP contribution in [0.3, 0.4) is 0 Å². The van der Waals surface area contributed by atoms with Crippen LogP contribution in [0.2, 0.25) is 0 Å². The molecule has 0 spiro atoms. The maximum atomic E-state index is 9.99. The van der Waals surface area contributed by atoms with Crippen LogP contribution in [0.4, 0.5) is 0 Å². The lowest BCUT2D eigenvalue weighted by atomic mass is 10.00. The lowest BCUT2D eigenvalue weighted by Gasteiger charge is -2.14. The summed E-state index contributed by atoms with van der Waals surface area (Å²) >= 11 is 0. The summed E-state index contributed by atoms with van der Waals surface area (Å²) in [5.41, 5.74) is 3.88. The van der Waals surface area contributed by atoms with Gasteiger partial charge in [-0.3, -0.25) is 4.98 Å². The third-order valence-electron chi connectivity index (χ3n) is 2.61. The number of aliphatic hydroxyl groups is 1. The van der Waals surface area contributed by atoms with Crippen LogP contribution in [0, 0.1) is 13.8 Å². The monoisotopic (exact) mass is 205 g/mol. The summed E-state index contributed by atoms with van der Waals surface area (Å²) in [6, 6.07) is 3.88. The molecule has 1 heterocycles. The Bertz CT molecular complexity index is 358. The molecule has 0 bridgehead atoms. The average Bonchev–Trinajstić information content (AvgIpc) is 2.17. The smallest absolute Gasteiger partial charge is 0.0844 e. The van der Waals surface area contributed by atoms with Crippen molar-refractivity contribution >= 4 is 0 Å². The number of aryl methyl sites for hydroxylation is 2. The molecule has 0 fully saturated rings. The van der Waals surface area contributed by atoms with Crippen LogP contribution in [0.25, 0.3) is 0 Å². The van der Waals surface area contributed by atoms with Crippen molar-refractivity contribution in [2.75, 3.05) is 0 Å². The quantitative estimate of drug-likeness (QED) is 0.766. The number of hydrogen-bond donors (Lipinski definition) is 1. The molecule has 0 aromatic carbocycles. The van der Waals surface area contributed by atoms with Crippen molar-refractivity contribution in [1.82, 2.24) is 4.98 Å². The van der Waals surface area contributed by atoms with Gasteiger partial charge in [0.15, 0.2) is 0 Å². The predicted molar refractivity (Wildman–Crippen MR) is 62.7 cm³/mol. The molecule has 0 saturated heterocycles. The van der Waals surface area contributed by atoms with Gasteiger partial charge in [-0.1, -0.05) is 25.1 Å². The lowest BCUT2D eigenvalue weighted by molar-refractivity contribution is 0.176. The number of nitrogens with zero attached hydrogens (tertiary/aromatic N) is 1. The van der Waals surface area contributed by atoms with Gasteiger partial charge in [0.2, 0.25) is 0 Å². The minimum atomic E-state index is -0.467. The van der Waals surface area contributed by atoms with E-state index in [0.717, 1.165) is 28.9 Å². The summed E-state index contributed by atoms with van der Waals surface area (Å²) < 4.78 is 0. The molecular formula is C13H19NO. The van der Waals surface area contributed by atoms with E-state index in [1.54, 1.807) is 0 Å². The van der Waals surface area contributed by atoms with Gasteiger partial charge >= 0.3 is 0 Å². The Morgan fingerprint density at radius 3 is 2.67 bits per heavy atom. The summed E-state index contributed by atoms with van der Waals surface area (Å²) in [5.74, 6) is 0. The maximum absolute atomic E-state index is 9.99. The second-order valence-corrected chi connectivity index (χ2v) is 3.95. The molecule has 82 valence electrons. The van der Waals surface area contributed by atoms with Crippen LogP contribution in [0.1, 0.15) is 42.8 Å². The third-order valence-corrected chi connectivity index (χ3v) is 2.61. The molecule has 0 aliphatic rings. The molecule has 1 N–H and O–H groups in total. The second kappa shape index (κ2) is 5.08. The van der Waals surface area contributed by atoms with E-state index in [2.05, 4.69) is 18.5 Å². The molecular weight excluding hydrogens is 186 g/mol. The van der Waals surface area contributed by atoms with Gasteiger partial charge in [0.1, 0.15) is 0 Å². The highest BCUT2D eigenvalue weighted by Crippen LogP contribution is 2.23. The van der Waals surface area contributed by atoms with Crippen LogP contribution in [0.15, 0.2) is 24.3 Å². The zero-order valence-corrected chi connectivity index (χ0v) is 9.75. The fraction of sp³-hybridized carbons (Fsp3) is 0.462. The summed E-state index contributed by atoms with van der Waals surface area (Å²) in [4.78, 5) is 4.34. The molecule has 0 aliphatic heterocycles. The summed E-state index contributed by atoms with van der Waals surface area (Å²) in [7, 11) is 0. The van der Waals surface area contributed by atoms with Gasteiger partial charge in [0.05, 0.1) is 6.10 Å². The van der Waals surface area contributed by atoms with Crippen LogP contribution in [-0.2, 0) is 0 Å². The van der Waals surface area contributed by atoms with Gasteiger partial charge in [-0.2, -0.15) is 0 Å². The van der Waals surface area contributed by atoms with E-state index < -0.39 is 6.10 Å². The van der Waals surface area contributed by atoms with Crippen molar-refractivity contribution < 1.29 is 5.11 Å². The van der Waals surface area contributed by atoms with Gasteiger partial charge in [0.25, 0.3) is 0 Å². The highest BCUT2D eigenvalue weighted by Gasteiger charge is 2.11. The van der Waals surface area contributed by atoms with Gasteiger partial charge in [-0.25, -0.2) is 0 Å². The van der Waals surface area contributed by atoms with Crippen LogP contribution < -0.4 is 0 Å². The molecule has 1 aromatic heterocycles. The summed E-state index contributed by atoms with van der Waals surface area (Å²) in [6.45, 7) is 9.84. The molecule has 1 unspecified atom stereocenters. The molecule has 2 heteroatoms. The van der Waals surface area contributed by atoms with E-state index in [0.29, 0.717) is 6.42 Å². The normalized spacial score (nSPS) is 12.5. The van der Waals surface area contributed by atoms with E-state index in [1.165, 1.54) is 0 Å². The number of hydrogen-bond acceptors (Lipinski definition) is 2. The first-order valence-electron chi connectivity index (χ1n) is 5.33. The minimum Gasteiger partial charge on any atom is -0.388 e. The molecule has 15 heavy (non-hydrogen) atoms. The van der Waals surface area contributed by atoms with E-state index in [4.69, 9.17) is 0 Å². The van der Waals surface area contributed by atoms with E-state index in [1.807, 2.05) is 26.0 Å². The first-order chi connectivity index (χ1) is 7.04. The standard InChI is InChI=1S/C13H19NO/c1-5-9(2)8-13(15)12-7-6-10(3)14-11(12)4/h6-7,13,15H,2,5,8H2,1,3-4H3. The van der Waals surface area contributed by atoms with E-state index >= 15 is 0 Å². The molecule has 0 radical (unpaired) electrons. The van der Waals surface area contributed by atoms with Gasteiger partial charge in [-0.05, 0) is 32.8 Å². The Balaban J connectivity index is 2.82. The fourth-order valence-electron chi connectivity index (χ4n) is 1.58. The Kier molecular flexibility index (Phi) is 4.04. The first kappa shape index (κ1) is 11.9. The first-order valence-corrected chi connectivity index (χ1v) is 5.33. The largest absolute Gasteiger partial charge is 0.388 e. The molecule has 2 nitrogen and oxygen atoms in total. The lowest BCUT2D eigenvalue weighted by Crippen LogP contribution is -2.03. The zero-order valence-electron chi connectivity index (χ0n) is 9.75. The minimum absolute atomic E-state index is 0.467. The molecule has 1 rings (SSSR count). The number of aromatic nitrogens is 1. The Morgan fingerprint density at radius 2 is 2.13 bits per heavy atom. The van der Waals surface area contributed by atoms with Crippen molar-refractivity contribution in [2.45, 2.75) is 39.7 Å². The number of rotatable bonds is 4. The topological polar surface area (TPSA) is 33.1 Å². The molecule has 0 amide bonds. The van der Waals surface area contributed by atoms with Crippen molar-refractivity contribution in [1.29, 1.82) is 0 Å². The Morgan fingerprint density at radius 1 is 1.47 bits per heavy atom. The maximum Gasteiger partial charge on any atom is 0.0844 e. The highest BCUT2D eigenvalue weighted by molar-refractivity contribution is 5.25. The molecule has 0 saturated carbocycles. The predicted octanol–water partition coefficient (Wildman–Crippen LogP) is 3.09.